The van der Waals surface area contributed by atoms with Gasteiger partial charge in [0.1, 0.15) is 5.56 Å². The molecule has 3 aromatic rings. The van der Waals surface area contributed by atoms with Crippen LogP contribution in [0.5, 0.6) is 0 Å². The fourth-order valence-corrected chi connectivity index (χ4v) is 2.62. The van der Waals surface area contributed by atoms with E-state index in [1.54, 1.807) is 49.4 Å². The van der Waals surface area contributed by atoms with E-state index in [0.29, 0.717) is 5.69 Å². The molecule has 8 nitrogen and oxygen atoms in total. The molecule has 0 fully saturated rings. The molecule has 2 aromatic carbocycles. The lowest BCUT2D eigenvalue weighted by atomic mass is 10.1. The van der Waals surface area contributed by atoms with Gasteiger partial charge < -0.3 is 15.0 Å². The van der Waals surface area contributed by atoms with E-state index in [1.165, 1.54) is 12.1 Å². The first-order valence-electron chi connectivity index (χ1n) is 8.50. The number of aromatic nitrogens is 2. The number of H-pyrrole nitrogens is 1. The first kappa shape index (κ1) is 18.8. The summed E-state index contributed by atoms with van der Waals surface area (Å²) in [5.41, 5.74) is -1.04. The van der Waals surface area contributed by atoms with Gasteiger partial charge in [0.15, 0.2) is 0 Å². The van der Waals surface area contributed by atoms with E-state index >= 15 is 0 Å². The van der Waals surface area contributed by atoms with Crippen molar-refractivity contribution in [1.82, 2.24) is 9.55 Å². The van der Waals surface area contributed by atoms with Crippen LogP contribution in [0, 0.1) is 0 Å². The lowest BCUT2D eigenvalue weighted by Gasteiger charge is -2.11. The van der Waals surface area contributed by atoms with Gasteiger partial charge in [0.2, 0.25) is 0 Å². The molecule has 8 heteroatoms. The van der Waals surface area contributed by atoms with Gasteiger partial charge in [-0.25, -0.2) is 14.2 Å². The zero-order valence-corrected chi connectivity index (χ0v) is 15.0. The van der Waals surface area contributed by atoms with Crippen molar-refractivity contribution >= 4 is 17.6 Å². The standard InChI is InChI=1S/C20H17N3O5/c1-2-28-19(26)14-10-6-7-11-16(14)22-17(24)15-12-21-20(27)23(18(15)25)13-8-4-3-5-9-13/h3-12H,2H2,1H3,(H,21,27)(H,22,24). The number of hydrogen-bond acceptors (Lipinski definition) is 5. The quantitative estimate of drug-likeness (QED) is 0.659. The average molecular weight is 379 g/mol. The number of benzene rings is 2. The first-order chi connectivity index (χ1) is 13.5. The smallest absolute Gasteiger partial charge is 0.340 e. The minimum atomic E-state index is -0.777. The largest absolute Gasteiger partial charge is 0.462 e. The van der Waals surface area contributed by atoms with Crippen LogP contribution in [-0.4, -0.2) is 28.0 Å². The molecular weight excluding hydrogens is 362 g/mol. The van der Waals surface area contributed by atoms with Crippen LogP contribution in [0.15, 0.2) is 70.4 Å². The number of rotatable bonds is 5. The second-order valence-electron chi connectivity index (χ2n) is 5.70. The van der Waals surface area contributed by atoms with Gasteiger partial charge in [-0.2, -0.15) is 0 Å². The third-order valence-electron chi connectivity index (χ3n) is 3.91. The zero-order chi connectivity index (χ0) is 20.1. The number of esters is 1. The highest BCUT2D eigenvalue weighted by atomic mass is 16.5. The Kier molecular flexibility index (Phi) is 5.50. The van der Waals surface area contributed by atoms with Gasteiger partial charge in [0.05, 0.1) is 23.5 Å². The van der Waals surface area contributed by atoms with Crippen molar-refractivity contribution in [3.8, 4) is 5.69 Å². The molecule has 0 aliphatic heterocycles. The number of anilines is 1. The van der Waals surface area contributed by atoms with E-state index in [1.807, 2.05) is 0 Å². The highest BCUT2D eigenvalue weighted by Gasteiger charge is 2.19. The van der Waals surface area contributed by atoms with Crippen molar-refractivity contribution in [2.24, 2.45) is 0 Å². The highest BCUT2D eigenvalue weighted by Crippen LogP contribution is 2.17. The summed E-state index contributed by atoms with van der Waals surface area (Å²) in [4.78, 5) is 51.9. The Hall–Kier alpha value is -3.94. The third kappa shape index (κ3) is 3.75. The number of aromatic amines is 1. The van der Waals surface area contributed by atoms with Crippen molar-refractivity contribution in [3.05, 3.63) is 92.8 Å². The molecule has 142 valence electrons. The highest BCUT2D eigenvalue weighted by molar-refractivity contribution is 6.07. The second kappa shape index (κ2) is 8.17. The van der Waals surface area contributed by atoms with Gasteiger partial charge in [0, 0.05) is 6.20 Å². The van der Waals surface area contributed by atoms with Gasteiger partial charge in [-0.3, -0.25) is 9.59 Å². The molecular formula is C20H17N3O5. The SMILES string of the molecule is CCOC(=O)c1ccccc1NC(=O)c1c[nH]c(=O)n(-c2ccccc2)c1=O. The number of carbonyl (C=O) groups is 2. The number of hydrogen-bond donors (Lipinski definition) is 2. The molecule has 0 saturated heterocycles. The number of amides is 1. The predicted octanol–water partition coefficient (Wildman–Crippen LogP) is 1.95. The molecule has 0 bridgehead atoms. The van der Waals surface area contributed by atoms with Gasteiger partial charge in [-0.05, 0) is 31.2 Å². The second-order valence-corrected chi connectivity index (χ2v) is 5.70. The lowest BCUT2D eigenvalue weighted by Crippen LogP contribution is -2.38. The van der Waals surface area contributed by atoms with Crippen molar-refractivity contribution < 1.29 is 14.3 Å². The molecule has 0 unspecified atom stereocenters. The normalized spacial score (nSPS) is 10.3. The Morgan fingerprint density at radius 1 is 1.00 bits per heavy atom. The summed E-state index contributed by atoms with van der Waals surface area (Å²) in [6, 6.07) is 14.5. The Morgan fingerprint density at radius 2 is 1.68 bits per heavy atom. The summed E-state index contributed by atoms with van der Waals surface area (Å²) in [6.45, 7) is 1.86. The maximum atomic E-state index is 12.7. The molecule has 0 atom stereocenters. The van der Waals surface area contributed by atoms with Crippen molar-refractivity contribution in [1.29, 1.82) is 0 Å². The Labute approximate surface area is 159 Å². The van der Waals surface area contributed by atoms with Crippen LogP contribution in [0.4, 0.5) is 5.69 Å². The molecule has 28 heavy (non-hydrogen) atoms. The number of carbonyl (C=O) groups excluding carboxylic acids is 2. The van der Waals surface area contributed by atoms with E-state index in [2.05, 4.69) is 10.3 Å². The third-order valence-corrected chi connectivity index (χ3v) is 3.91. The summed E-state index contributed by atoms with van der Waals surface area (Å²) in [6.07, 6.45) is 1.05. The topological polar surface area (TPSA) is 110 Å². The maximum absolute atomic E-state index is 12.7. The van der Waals surface area contributed by atoms with Crippen LogP contribution in [-0.2, 0) is 4.74 Å². The molecule has 1 aromatic heterocycles. The summed E-state index contributed by atoms with van der Waals surface area (Å²) in [5, 5.41) is 2.53. The summed E-state index contributed by atoms with van der Waals surface area (Å²) >= 11 is 0. The number of para-hydroxylation sites is 2. The molecule has 0 aliphatic carbocycles. The van der Waals surface area contributed by atoms with Gasteiger partial charge in [0.25, 0.3) is 11.5 Å². The monoisotopic (exact) mass is 379 g/mol. The van der Waals surface area contributed by atoms with Crippen molar-refractivity contribution in [3.63, 3.8) is 0 Å². The first-order valence-corrected chi connectivity index (χ1v) is 8.50. The minimum Gasteiger partial charge on any atom is -0.462 e. The van der Waals surface area contributed by atoms with E-state index in [-0.39, 0.29) is 23.4 Å². The van der Waals surface area contributed by atoms with Crippen molar-refractivity contribution in [2.75, 3.05) is 11.9 Å². The van der Waals surface area contributed by atoms with Gasteiger partial charge >= 0.3 is 11.7 Å². The Morgan fingerprint density at radius 3 is 2.39 bits per heavy atom. The molecule has 0 aliphatic rings. The number of nitrogens with zero attached hydrogens (tertiary/aromatic N) is 1. The van der Waals surface area contributed by atoms with Crippen LogP contribution in [0.3, 0.4) is 0 Å². The summed E-state index contributed by atoms with van der Waals surface area (Å²) < 4.78 is 5.84. The predicted molar refractivity (Wildman–Crippen MR) is 103 cm³/mol. The van der Waals surface area contributed by atoms with Crippen LogP contribution in [0.2, 0.25) is 0 Å². The maximum Gasteiger partial charge on any atom is 0.340 e. The van der Waals surface area contributed by atoms with Crippen LogP contribution in [0.1, 0.15) is 27.6 Å². The Balaban J connectivity index is 1.99. The van der Waals surface area contributed by atoms with E-state index in [4.69, 9.17) is 4.74 Å². The molecule has 0 radical (unpaired) electrons. The van der Waals surface area contributed by atoms with E-state index in [0.717, 1.165) is 10.8 Å². The number of ether oxygens (including phenoxy) is 1. The molecule has 2 N–H and O–H groups in total. The van der Waals surface area contributed by atoms with Crippen molar-refractivity contribution in [2.45, 2.75) is 6.92 Å². The van der Waals surface area contributed by atoms with Gasteiger partial charge in [-0.15, -0.1) is 0 Å². The van der Waals surface area contributed by atoms with E-state index in [9.17, 15) is 19.2 Å². The van der Waals surface area contributed by atoms with E-state index < -0.39 is 23.1 Å². The fraction of sp³-hybridized carbons (Fsp3) is 0.100. The average Bonchev–Trinajstić information content (AvgIpc) is 2.69. The van der Waals surface area contributed by atoms with Gasteiger partial charge in [-0.1, -0.05) is 30.3 Å². The molecule has 0 spiro atoms. The minimum absolute atomic E-state index is 0.158. The molecule has 1 amide bonds. The lowest BCUT2D eigenvalue weighted by molar-refractivity contribution is 0.0527. The molecule has 3 rings (SSSR count). The molecule has 1 heterocycles. The number of nitrogens with one attached hydrogen (secondary N) is 2. The van der Waals surface area contributed by atoms with Crippen LogP contribution >= 0.6 is 0 Å². The van der Waals surface area contributed by atoms with Crippen LogP contribution in [0.25, 0.3) is 5.69 Å². The van der Waals surface area contributed by atoms with Crippen LogP contribution < -0.4 is 16.6 Å². The summed E-state index contributed by atoms with van der Waals surface area (Å²) in [5.74, 6) is -1.36. The molecule has 0 saturated carbocycles. The Bertz CT molecular complexity index is 1130. The fourth-order valence-electron chi connectivity index (χ4n) is 2.62. The summed E-state index contributed by atoms with van der Waals surface area (Å²) in [7, 11) is 0. The zero-order valence-electron chi connectivity index (χ0n) is 15.0.